The summed E-state index contributed by atoms with van der Waals surface area (Å²) in [7, 11) is 1.98. The van der Waals surface area contributed by atoms with Gasteiger partial charge in [-0.2, -0.15) is 9.36 Å². The molecule has 1 unspecified atom stereocenters. The first-order valence-electron chi connectivity index (χ1n) is 7.37. The predicted octanol–water partition coefficient (Wildman–Crippen LogP) is 1.66. The molecule has 6 nitrogen and oxygen atoms in total. The van der Waals surface area contributed by atoms with Crippen molar-refractivity contribution in [3.8, 4) is 0 Å². The maximum Gasteiger partial charge on any atom is 0.240 e. The largest absolute Gasteiger partial charge is 0.316 e. The van der Waals surface area contributed by atoms with E-state index in [1.165, 1.54) is 18.0 Å². The number of amides is 1. The van der Waals surface area contributed by atoms with Gasteiger partial charge in [0, 0.05) is 29.9 Å². The number of hydrogen-bond donors (Lipinski definition) is 2. The molecular weight excluding hydrogens is 306 g/mol. The molecule has 1 fully saturated rings. The van der Waals surface area contributed by atoms with E-state index >= 15 is 0 Å². The summed E-state index contributed by atoms with van der Waals surface area (Å²) >= 11 is 2.88. The topological polar surface area (TPSA) is 70.2 Å². The second kappa shape index (κ2) is 8.67. The van der Waals surface area contributed by atoms with E-state index in [0.29, 0.717) is 17.7 Å². The van der Waals surface area contributed by atoms with Gasteiger partial charge in [-0.25, -0.2) is 0 Å². The third kappa shape index (κ3) is 5.54. The van der Waals surface area contributed by atoms with Gasteiger partial charge in [-0.15, -0.1) is 0 Å². The minimum Gasteiger partial charge on any atom is -0.316 e. The summed E-state index contributed by atoms with van der Waals surface area (Å²) in [6.07, 6.45) is 3.41. The van der Waals surface area contributed by atoms with Crippen molar-refractivity contribution in [2.24, 2.45) is 0 Å². The maximum atomic E-state index is 12.1. The number of carbonyl (C=O) groups is 1. The minimum atomic E-state index is -0.00468. The summed E-state index contributed by atoms with van der Waals surface area (Å²) in [5, 5.41) is 7.49. The molecule has 21 heavy (non-hydrogen) atoms. The Bertz CT molecular complexity index is 454. The number of nitrogens with zero attached hydrogens (tertiary/aromatic N) is 3. The van der Waals surface area contributed by atoms with E-state index in [-0.39, 0.29) is 5.91 Å². The lowest BCUT2D eigenvalue weighted by Crippen LogP contribution is -2.46. The summed E-state index contributed by atoms with van der Waals surface area (Å²) in [6.45, 7) is 4.46. The number of likely N-dealkylation sites (tertiary alicyclic amines) is 1. The number of anilines is 1. The Morgan fingerprint density at radius 3 is 3.19 bits per heavy atom. The van der Waals surface area contributed by atoms with Crippen LogP contribution in [0, 0.1) is 0 Å². The molecule has 1 aliphatic heterocycles. The van der Waals surface area contributed by atoms with Gasteiger partial charge in [0.25, 0.3) is 0 Å². The molecule has 1 amide bonds. The SMILES string of the molecule is CCCSc1nsc(NC(=O)CN2CCCC(NC)C2)n1. The van der Waals surface area contributed by atoms with Crippen molar-refractivity contribution >= 4 is 34.3 Å². The second-order valence-corrected chi connectivity index (χ2v) is 6.96. The Morgan fingerprint density at radius 1 is 1.57 bits per heavy atom. The van der Waals surface area contributed by atoms with Crippen LogP contribution in [0.4, 0.5) is 5.13 Å². The molecule has 1 aromatic heterocycles. The Balaban J connectivity index is 1.77. The summed E-state index contributed by atoms with van der Waals surface area (Å²) in [4.78, 5) is 18.6. The van der Waals surface area contributed by atoms with Gasteiger partial charge >= 0.3 is 0 Å². The molecule has 0 aromatic carbocycles. The summed E-state index contributed by atoms with van der Waals surface area (Å²) in [5.74, 6) is 0.999. The molecule has 0 bridgehead atoms. The van der Waals surface area contributed by atoms with Gasteiger partial charge in [-0.1, -0.05) is 18.7 Å². The van der Waals surface area contributed by atoms with Crippen molar-refractivity contribution in [3.05, 3.63) is 0 Å². The summed E-state index contributed by atoms with van der Waals surface area (Å²) in [5.41, 5.74) is 0. The van der Waals surface area contributed by atoms with Gasteiger partial charge in [0.15, 0.2) is 0 Å². The highest BCUT2D eigenvalue weighted by molar-refractivity contribution is 7.99. The molecular formula is C13H23N5OS2. The molecule has 1 atom stereocenters. The third-order valence-electron chi connectivity index (χ3n) is 3.37. The summed E-state index contributed by atoms with van der Waals surface area (Å²) in [6, 6.07) is 0.491. The van der Waals surface area contributed by atoms with E-state index in [1.807, 2.05) is 7.05 Å². The first-order valence-corrected chi connectivity index (χ1v) is 9.13. The molecule has 1 saturated heterocycles. The van der Waals surface area contributed by atoms with E-state index in [1.54, 1.807) is 11.8 Å². The molecule has 1 aromatic rings. The first kappa shape index (κ1) is 16.7. The molecule has 0 spiro atoms. The number of thioether (sulfide) groups is 1. The molecule has 0 saturated carbocycles. The number of carbonyl (C=O) groups excluding carboxylic acids is 1. The highest BCUT2D eigenvalue weighted by Gasteiger charge is 2.20. The average molecular weight is 329 g/mol. The Kier molecular flexibility index (Phi) is 6.88. The third-order valence-corrected chi connectivity index (χ3v) is 5.17. The van der Waals surface area contributed by atoms with Gasteiger partial charge in [0.1, 0.15) is 0 Å². The number of nitrogens with one attached hydrogen (secondary N) is 2. The Hall–Kier alpha value is -0.700. The lowest BCUT2D eigenvalue weighted by Gasteiger charge is -2.31. The molecule has 118 valence electrons. The van der Waals surface area contributed by atoms with Crippen molar-refractivity contribution < 1.29 is 4.79 Å². The Morgan fingerprint density at radius 2 is 2.43 bits per heavy atom. The smallest absolute Gasteiger partial charge is 0.240 e. The minimum absolute atomic E-state index is 0.00468. The van der Waals surface area contributed by atoms with Gasteiger partial charge < -0.3 is 5.32 Å². The fraction of sp³-hybridized carbons (Fsp3) is 0.769. The van der Waals surface area contributed by atoms with Crippen LogP contribution in [-0.4, -0.2) is 58.6 Å². The maximum absolute atomic E-state index is 12.1. The van der Waals surface area contributed by atoms with E-state index < -0.39 is 0 Å². The van der Waals surface area contributed by atoms with Crippen molar-refractivity contribution in [1.82, 2.24) is 19.6 Å². The van der Waals surface area contributed by atoms with Crippen LogP contribution in [0.25, 0.3) is 0 Å². The monoisotopic (exact) mass is 329 g/mol. The molecule has 0 radical (unpaired) electrons. The van der Waals surface area contributed by atoms with Crippen LogP contribution < -0.4 is 10.6 Å². The molecule has 2 rings (SSSR count). The van der Waals surface area contributed by atoms with Crippen LogP contribution >= 0.6 is 23.3 Å². The van der Waals surface area contributed by atoms with Crippen LogP contribution in [-0.2, 0) is 4.79 Å². The zero-order valence-corrected chi connectivity index (χ0v) is 14.2. The average Bonchev–Trinajstić information content (AvgIpc) is 2.92. The standard InChI is InChI=1S/C13H23N5OS2/c1-3-7-20-13-16-12(21-17-13)15-11(19)9-18-6-4-5-10(8-18)14-2/h10,14H,3-9H2,1-2H3,(H,15,16,17,19). The number of aromatic nitrogens is 2. The number of likely N-dealkylation sites (N-methyl/N-ethyl adjacent to an activating group) is 1. The van der Waals surface area contributed by atoms with Crippen LogP contribution in [0.5, 0.6) is 0 Å². The van der Waals surface area contributed by atoms with Crippen molar-refractivity contribution in [3.63, 3.8) is 0 Å². The highest BCUT2D eigenvalue weighted by atomic mass is 32.2. The van der Waals surface area contributed by atoms with E-state index in [9.17, 15) is 4.79 Å². The van der Waals surface area contributed by atoms with Crippen molar-refractivity contribution in [1.29, 1.82) is 0 Å². The number of rotatable bonds is 7. The normalized spacial score (nSPS) is 19.6. The molecule has 8 heteroatoms. The van der Waals surface area contributed by atoms with E-state index in [4.69, 9.17) is 0 Å². The number of piperidine rings is 1. The summed E-state index contributed by atoms with van der Waals surface area (Å²) < 4.78 is 4.23. The van der Waals surface area contributed by atoms with Crippen LogP contribution in [0.2, 0.25) is 0 Å². The van der Waals surface area contributed by atoms with Gasteiger partial charge in [0.2, 0.25) is 16.2 Å². The fourth-order valence-corrected chi connectivity index (χ4v) is 3.72. The first-order chi connectivity index (χ1) is 10.2. The van der Waals surface area contributed by atoms with Gasteiger partial charge in [0.05, 0.1) is 6.54 Å². The molecule has 2 heterocycles. The quantitative estimate of drug-likeness (QED) is 0.742. The zero-order valence-electron chi connectivity index (χ0n) is 12.6. The van der Waals surface area contributed by atoms with Gasteiger partial charge in [-0.05, 0) is 32.9 Å². The zero-order chi connectivity index (χ0) is 15.1. The highest BCUT2D eigenvalue weighted by Crippen LogP contribution is 2.20. The predicted molar refractivity (Wildman–Crippen MR) is 88.1 cm³/mol. The van der Waals surface area contributed by atoms with Crippen LogP contribution in [0.3, 0.4) is 0 Å². The van der Waals surface area contributed by atoms with E-state index in [0.717, 1.165) is 36.8 Å². The van der Waals surface area contributed by atoms with Gasteiger partial charge in [-0.3, -0.25) is 15.0 Å². The Labute approximate surface area is 134 Å². The number of hydrogen-bond acceptors (Lipinski definition) is 7. The van der Waals surface area contributed by atoms with Crippen LogP contribution in [0.1, 0.15) is 26.2 Å². The lowest BCUT2D eigenvalue weighted by atomic mass is 10.1. The van der Waals surface area contributed by atoms with E-state index in [2.05, 4.69) is 31.8 Å². The lowest BCUT2D eigenvalue weighted by molar-refractivity contribution is -0.117. The fourth-order valence-electron chi connectivity index (χ4n) is 2.31. The molecule has 1 aliphatic rings. The van der Waals surface area contributed by atoms with Crippen LogP contribution in [0.15, 0.2) is 5.16 Å². The van der Waals surface area contributed by atoms with Crippen molar-refractivity contribution in [2.75, 3.05) is 37.8 Å². The van der Waals surface area contributed by atoms with Crippen molar-refractivity contribution in [2.45, 2.75) is 37.4 Å². The molecule has 2 N–H and O–H groups in total. The molecule has 0 aliphatic carbocycles. The second-order valence-electron chi connectivity index (χ2n) is 5.14.